The number of ketones is 1. The maximum absolute atomic E-state index is 15.7. The van der Waals surface area contributed by atoms with Crippen molar-refractivity contribution in [2.45, 2.75) is 48.0 Å². The number of hydrogen-bond acceptors (Lipinski definition) is 15. The van der Waals surface area contributed by atoms with Crippen LogP contribution in [0.3, 0.4) is 0 Å². The number of carbonyl (C=O) groups excluding carboxylic acids is 5. The quantitative estimate of drug-likeness (QED) is 0.0281. The van der Waals surface area contributed by atoms with Crippen molar-refractivity contribution in [1.82, 2.24) is 21.0 Å². The fraction of sp³-hybridized carbons (Fsp3) is 0.429. The summed E-state index contributed by atoms with van der Waals surface area (Å²) in [5.41, 5.74) is 3.33. The number of carboxylic acid groups (broad SMARTS) is 2. The molecule has 3 fully saturated rings. The van der Waals surface area contributed by atoms with Gasteiger partial charge in [-0.25, -0.2) is 4.39 Å². The molecule has 4 N–H and O–H groups in total. The Bertz CT molecular complexity index is 1980. The van der Waals surface area contributed by atoms with Gasteiger partial charge in [-0.1, -0.05) is 41.9 Å². The third-order valence-electron chi connectivity index (χ3n) is 10.3. The zero-order valence-corrected chi connectivity index (χ0v) is 37.0. The van der Waals surface area contributed by atoms with Gasteiger partial charge in [0.05, 0.1) is 45.9 Å². The van der Waals surface area contributed by atoms with Crippen LogP contribution >= 0.6 is 35.1 Å². The van der Waals surface area contributed by atoms with E-state index in [9.17, 15) is 39.3 Å². The van der Waals surface area contributed by atoms with Crippen LogP contribution in [0.4, 0.5) is 10.1 Å². The second-order valence-corrected chi connectivity index (χ2v) is 15.7. The van der Waals surface area contributed by atoms with Gasteiger partial charge in [0.25, 0.3) is 17.5 Å². The molecule has 2 amide bonds. The summed E-state index contributed by atoms with van der Waals surface area (Å²) in [5, 5.41) is 43.7. The summed E-state index contributed by atoms with van der Waals surface area (Å²) in [7, 11) is 1.21. The predicted octanol–water partition coefficient (Wildman–Crippen LogP) is -6.55. The Morgan fingerprint density at radius 1 is 1.21 bits per heavy atom. The van der Waals surface area contributed by atoms with E-state index < -0.39 is 70.4 Å². The van der Waals surface area contributed by atoms with E-state index in [2.05, 4.69) is 21.2 Å². The minimum atomic E-state index is -1.90. The number of Topliss-reactive ketones (excluding diaryl/α,β-unsaturated/α-hetero) is 1. The normalized spacial score (nSPS) is 26.1. The number of benzene rings is 2. The molecule has 286 valence electrons. The molecule has 0 radical (unpaired) electrons. The molecule has 4 aliphatic heterocycles. The molecule has 5 aliphatic rings. The van der Waals surface area contributed by atoms with Crippen LogP contribution in [-0.4, -0.2) is 107 Å². The summed E-state index contributed by atoms with van der Waals surface area (Å²) in [5.74, 6) is -7.94. The van der Waals surface area contributed by atoms with Gasteiger partial charge in [-0.2, -0.15) is 5.10 Å². The van der Waals surface area contributed by atoms with Crippen molar-refractivity contribution in [3.63, 3.8) is 0 Å². The molecular formula is C35H34ClFN6Na2O9S2. The first-order valence-corrected chi connectivity index (χ1v) is 19.5. The third kappa shape index (κ3) is 8.18. The number of fused-ring (bicyclic) bond motifs is 2. The summed E-state index contributed by atoms with van der Waals surface area (Å²) in [4.78, 5) is 66.2. The number of aliphatic carboxylic acids is 2. The zero-order valence-electron chi connectivity index (χ0n) is 30.6. The molecule has 1 saturated carbocycles. The van der Waals surface area contributed by atoms with E-state index in [1.165, 1.54) is 24.4 Å². The molecule has 7 rings (SSSR count). The molecule has 2 aromatic rings. The van der Waals surface area contributed by atoms with Crippen LogP contribution in [0.5, 0.6) is 0 Å². The monoisotopic (exact) mass is 846 g/mol. The van der Waals surface area contributed by atoms with Crippen molar-refractivity contribution < 1.29 is 108 Å². The average molecular weight is 847 g/mol. The first-order valence-electron chi connectivity index (χ1n) is 17.0. The van der Waals surface area contributed by atoms with E-state index in [4.69, 9.17) is 16.3 Å². The number of rotatable bonds is 13. The molecule has 6 atom stereocenters. The summed E-state index contributed by atoms with van der Waals surface area (Å²) >= 11 is 9.17. The molecular weight excluding hydrogens is 813 g/mol. The van der Waals surface area contributed by atoms with Gasteiger partial charge in [-0.15, -0.1) is 23.5 Å². The fourth-order valence-electron chi connectivity index (χ4n) is 7.39. The van der Waals surface area contributed by atoms with Gasteiger partial charge in [0.2, 0.25) is 0 Å². The van der Waals surface area contributed by atoms with Crippen LogP contribution in [0, 0.1) is 11.7 Å². The van der Waals surface area contributed by atoms with Crippen molar-refractivity contribution in [1.29, 1.82) is 0 Å². The molecule has 1 aliphatic carbocycles. The Morgan fingerprint density at radius 2 is 1.93 bits per heavy atom. The second-order valence-electron chi connectivity index (χ2n) is 13.5. The van der Waals surface area contributed by atoms with Crippen molar-refractivity contribution in [2.75, 3.05) is 43.1 Å². The molecule has 15 nitrogen and oxygen atoms in total. The summed E-state index contributed by atoms with van der Waals surface area (Å²) in [6.07, 6.45) is -0.0117. The largest absolute Gasteiger partial charge is 1.00 e. The van der Waals surface area contributed by atoms with Gasteiger partial charge in [0, 0.05) is 61.3 Å². The van der Waals surface area contributed by atoms with E-state index in [0.717, 1.165) is 35.6 Å². The number of anilines is 1. The van der Waals surface area contributed by atoms with Crippen LogP contribution in [-0.2, 0) is 23.9 Å². The third-order valence-corrected chi connectivity index (χ3v) is 12.8. The SMILES string of the molecule is CO[C@]1(NC(=O)[C@H](O)c2ccccc2)C(=O)N2C(C(=O)[O-])=C(CSC=NNC3CNCC3c3c(F)cc4c(c3Cl)N(C3CC3)CC(C(=O)[O-])C4=O)CS[C@@H]21.[Na+].[Na+]. The first kappa shape index (κ1) is 44.9. The molecule has 2 saturated heterocycles. The van der Waals surface area contributed by atoms with E-state index >= 15 is 4.39 Å². The van der Waals surface area contributed by atoms with Crippen LogP contribution in [0.25, 0.3) is 0 Å². The minimum absolute atomic E-state index is 0. The Kier molecular flexibility index (Phi) is 14.7. The Labute approximate surface area is 378 Å². The number of methoxy groups -OCH3 is 1. The standard InChI is InChI=1S/C35H36ClFN6O9S2.2Na/c1-52-35(40-30(46)28(44)16-5-3-2-4-6-16)33(51)43-26(32(49)50)17(14-54-34(35)43)13-53-15-39-41-23-11-38-10-20(23)24-22(37)9-19-27(25(24)36)42(18-7-8-18)12-21(29(19)45)31(47)48;;/h2-6,9,15,18,20-21,23,28,34,38,41,44H,7-8,10-14H2,1H3,(H,40,46)(H,47,48)(H,49,50);;/q;2*+1/p-2/t20?,21?,23?,28-,34-,35-;;/m1../s1. The molecule has 4 heterocycles. The molecule has 56 heavy (non-hydrogen) atoms. The Hall–Kier alpha value is -2.20. The van der Waals surface area contributed by atoms with Crippen molar-refractivity contribution in [3.05, 3.63) is 75.2 Å². The second kappa shape index (κ2) is 18.4. The number of β-lactam (4-membered cyclic amide) rings is 1. The van der Waals surface area contributed by atoms with Gasteiger partial charge in [0.1, 0.15) is 11.2 Å². The van der Waals surface area contributed by atoms with E-state index in [1.54, 1.807) is 35.2 Å². The molecule has 21 heteroatoms. The summed E-state index contributed by atoms with van der Waals surface area (Å²) in [6, 6.07) is 8.73. The van der Waals surface area contributed by atoms with Gasteiger partial charge >= 0.3 is 59.1 Å². The molecule has 2 aromatic carbocycles. The number of nitrogens with one attached hydrogen (secondary N) is 3. The van der Waals surface area contributed by atoms with Crippen molar-refractivity contribution in [3.8, 4) is 0 Å². The maximum atomic E-state index is 15.7. The maximum Gasteiger partial charge on any atom is 1.00 e. The first-order chi connectivity index (χ1) is 25.9. The summed E-state index contributed by atoms with van der Waals surface area (Å²) in [6.45, 7) is 0.639. The van der Waals surface area contributed by atoms with E-state index in [0.29, 0.717) is 29.9 Å². The number of thioether (sulfide) groups is 2. The number of ether oxygens (including phenoxy) is 1. The number of hydrogen-bond donors (Lipinski definition) is 4. The predicted molar refractivity (Wildman–Crippen MR) is 192 cm³/mol. The van der Waals surface area contributed by atoms with Crippen LogP contribution < -0.4 is 90.3 Å². The number of amides is 2. The number of aliphatic hydroxyl groups is 1. The number of carbonyl (C=O) groups is 5. The Balaban J connectivity index is 0.00000300. The van der Waals surface area contributed by atoms with Gasteiger partial charge < -0.3 is 50.6 Å². The fourth-order valence-corrected chi connectivity index (χ4v) is 10.0. The smallest absolute Gasteiger partial charge is 0.549 e. The van der Waals surface area contributed by atoms with Crippen molar-refractivity contribution >= 4 is 75.9 Å². The number of halogens is 2. The molecule has 0 spiro atoms. The molecule has 0 aromatic heterocycles. The van der Waals surface area contributed by atoms with Gasteiger partial charge in [-0.05, 0) is 30.0 Å². The van der Waals surface area contributed by atoms with E-state index in [-0.39, 0.29) is 105 Å². The number of carboxylic acids is 2. The average Bonchev–Trinajstić information content (AvgIpc) is 3.91. The van der Waals surface area contributed by atoms with Crippen LogP contribution in [0.2, 0.25) is 5.02 Å². The van der Waals surface area contributed by atoms with E-state index in [1.807, 2.05) is 0 Å². The zero-order chi connectivity index (χ0) is 38.5. The van der Waals surface area contributed by atoms with Gasteiger partial charge in [-0.3, -0.25) is 19.3 Å². The minimum Gasteiger partial charge on any atom is -0.549 e. The van der Waals surface area contributed by atoms with Crippen LogP contribution in [0.15, 0.2) is 52.8 Å². The summed E-state index contributed by atoms with van der Waals surface area (Å²) < 4.78 is 21.2. The molecule has 0 bridgehead atoms. The van der Waals surface area contributed by atoms with Crippen LogP contribution in [0.1, 0.15) is 46.3 Å². The number of hydrazone groups is 1. The Morgan fingerprint density at radius 3 is 2.57 bits per heavy atom. The number of nitrogens with zero attached hydrogens (tertiary/aromatic N) is 3. The molecule has 3 unspecified atom stereocenters. The van der Waals surface area contributed by atoms with Gasteiger partial charge in [0.15, 0.2) is 11.9 Å². The topological polar surface area (TPSA) is 216 Å². The van der Waals surface area contributed by atoms with Crippen molar-refractivity contribution in [2.24, 2.45) is 11.0 Å². The number of aliphatic hydroxyl groups excluding tert-OH is 1.